The first-order valence-corrected chi connectivity index (χ1v) is 10.6. The van der Waals surface area contributed by atoms with Gasteiger partial charge in [0.05, 0.1) is 6.10 Å². The van der Waals surface area contributed by atoms with Crippen molar-refractivity contribution in [1.82, 2.24) is 0 Å². The van der Waals surface area contributed by atoms with Gasteiger partial charge in [-0.1, -0.05) is 43.3 Å². The summed E-state index contributed by atoms with van der Waals surface area (Å²) in [5, 5.41) is 10.5. The van der Waals surface area contributed by atoms with Crippen molar-refractivity contribution in [3.63, 3.8) is 0 Å². The first-order chi connectivity index (χ1) is 13.1. The van der Waals surface area contributed by atoms with Crippen LogP contribution in [0.4, 0.5) is 0 Å². The maximum atomic E-state index is 10.5. The van der Waals surface area contributed by atoms with Gasteiger partial charge in [-0.05, 0) is 90.5 Å². The Balaban J connectivity index is 1.34. The van der Waals surface area contributed by atoms with Crippen LogP contribution in [0.25, 0.3) is 0 Å². The first-order valence-electron chi connectivity index (χ1n) is 10.6. The average molecular weight is 363 g/mol. The molecular weight excluding hydrogens is 332 g/mol. The Morgan fingerprint density at radius 1 is 1.04 bits per heavy atom. The molecule has 2 fully saturated rings. The molecule has 1 N–H and O–H groups in total. The standard InChI is InChI=1S/C25H30O2/c1-25-14-13-21-20-10-8-19(27-16-17-5-3-2-4-6-17)15-18(20)7-9-22(21)23(25)11-12-24(25)26/h2-6,8,10,15,21-24,26H,7,9,11-14,16H2,1H3/t21-,22+,23+,24-,25-/m0/s1. The van der Waals surface area contributed by atoms with E-state index in [1.54, 1.807) is 5.56 Å². The summed E-state index contributed by atoms with van der Waals surface area (Å²) in [6.07, 6.45) is 6.96. The van der Waals surface area contributed by atoms with Crippen LogP contribution in [-0.4, -0.2) is 11.2 Å². The Kier molecular flexibility index (Phi) is 4.27. The van der Waals surface area contributed by atoms with Crippen molar-refractivity contribution in [3.8, 4) is 5.75 Å². The summed E-state index contributed by atoms with van der Waals surface area (Å²) in [6, 6.07) is 17.2. The van der Waals surface area contributed by atoms with E-state index in [-0.39, 0.29) is 11.5 Å². The van der Waals surface area contributed by atoms with Gasteiger partial charge in [0, 0.05) is 0 Å². The molecule has 0 aromatic heterocycles. The monoisotopic (exact) mass is 362 g/mol. The van der Waals surface area contributed by atoms with Crippen molar-refractivity contribution in [3.05, 3.63) is 65.2 Å². The van der Waals surface area contributed by atoms with Gasteiger partial charge in [0.15, 0.2) is 0 Å². The molecule has 0 heterocycles. The summed E-state index contributed by atoms with van der Waals surface area (Å²) in [5.41, 5.74) is 4.42. The molecule has 142 valence electrons. The molecule has 2 saturated carbocycles. The number of ether oxygens (including phenoxy) is 1. The van der Waals surface area contributed by atoms with Crippen LogP contribution < -0.4 is 4.74 Å². The molecule has 5 atom stereocenters. The second kappa shape index (κ2) is 6.67. The second-order valence-electron chi connectivity index (χ2n) is 9.19. The Labute approximate surface area is 162 Å². The summed E-state index contributed by atoms with van der Waals surface area (Å²) in [5.74, 6) is 3.13. The molecule has 0 amide bonds. The van der Waals surface area contributed by atoms with Gasteiger partial charge in [0.1, 0.15) is 12.4 Å². The zero-order valence-corrected chi connectivity index (χ0v) is 16.2. The third-order valence-corrected chi connectivity index (χ3v) is 7.90. The fourth-order valence-electron chi connectivity index (χ4n) is 6.36. The number of fused-ring (bicyclic) bond motifs is 5. The van der Waals surface area contributed by atoms with E-state index in [1.165, 1.54) is 36.8 Å². The van der Waals surface area contributed by atoms with Gasteiger partial charge in [0.2, 0.25) is 0 Å². The normalized spacial score (nSPS) is 34.4. The minimum atomic E-state index is -0.0846. The van der Waals surface area contributed by atoms with Crippen LogP contribution >= 0.6 is 0 Å². The molecule has 5 rings (SSSR count). The van der Waals surface area contributed by atoms with Crippen molar-refractivity contribution >= 4 is 0 Å². The smallest absolute Gasteiger partial charge is 0.120 e. The molecule has 27 heavy (non-hydrogen) atoms. The minimum Gasteiger partial charge on any atom is -0.489 e. The largest absolute Gasteiger partial charge is 0.489 e. The van der Waals surface area contributed by atoms with Gasteiger partial charge < -0.3 is 9.84 Å². The maximum absolute atomic E-state index is 10.5. The lowest BCUT2D eigenvalue weighted by molar-refractivity contribution is -0.0226. The number of rotatable bonds is 3. The fourth-order valence-corrected chi connectivity index (χ4v) is 6.36. The van der Waals surface area contributed by atoms with Crippen LogP contribution in [0.2, 0.25) is 0 Å². The lowest BCUT2D eigenvalue weighted by Gasteiger charge is -2.50. The molecule has 2 heteroatoms. The predicted molar refractivity (Wildman–Crippen MR) is 108 cm³/mol. The molecule has 3 aliphatic carbocycles. The van der Waals surface area contributed by atoms with Crippen molar-refractivity contribution in [2.24, 2.45) is 17.3 Å². The van der Waals surface area contributed by atoms with Gasteiger partial charge in [-0.2, -0.15) is 0 Å². The third-order valence-electron chi connectivity index (χ3n) is 7.90. The second-order valence-corrected chi connectivity index (χ2v) is 9.19. The quantitative estimate of drug-likeness (QED) is 0.783. The summed E-state index contributed by atoms with van der Waals surface area (Å²) in [6.45, 7) is 2.98. The lowest BCUT2D eigenvalue weighted by atomic mass is 9.55. The summed E-state index contributed by atoms with van der Waals surface area (Å²) in [7, 11) is 0. The highest BCUT2D eigenvalue weighted by atomic mass is 16.5. The van der Waals surface area contributed by atoms with Crippen LogP contribution in [0.5, 0.6) is 5.75 Å². The Bertz CT molecular complexity index is 814. The zero-order valence-electron chi connectivity index (χ0n) is 16.2. The van der Waals surface area contributed by atoms with Crippen LogP contribution in [0.3, 0.4) is 0 Å². The predicted octanol–water partition coefficient (Wildman–Crippen LogP) is 5.48. The highest BCUT2D eigenvalue weighted by molar-refractivity contribution is 5.41. The van der Waals surface area contributed by atoms with E-state index in [2.05, 4.69) is 49.4 Å². The van der Waals surface area contributed by atoms with Crippen LogP contribution in [-0.2, 0) is 13.0 Å². The van der Waals surface area contributed by atoms with Gasteiger partial charge >= 0.3 is 0 Å². The minimum absolute atomic E-state index is 0.0846. The first kappa shape index (κ1) is 17.3. The number of hydrogen-bond acceptors (Lipinski definition) is 2. The molecule has 0 unspecified atom stereocenters. The molecule has 2 nitrogen and oxygen atoms in total. The molecule has 2 aromatic rings. The molecule has 0 aliphatic heterocycles. The van der Waals surface area contributed by atoms with Gasteiger partial charge in [-0.3, -0.25) is 0 Å². The van der Waals surface area contributed by atoms with E-state index in [0.29, 0.717) is 18.4 Å². The van der Waals surface area contributed by atoms with Gasteiger partial charge in [-0.25, -0.2) is 0 Å². The molecule has 2 aromatic carbocycles. The molecule has 0 radical (unpaired) electrons. The van der Waals surface area contributed by atoms with E-state index in [0.717, 1.165) is 24.5 Å². The number of hydrogen-bond donors (Lipinski definition) is 1. The van der Waals surface area contributed by atoms with Crippen LogP contribution in [0.15, 0.2) is 48.5 Å². The Hall–Kier alpha value is -1.80. The van der Waals surface area contributed by atoms with E-state index in [1.807, 2.05) is 6.07 Å². The molecular formula is C25H30O2. The molecule has 0 saturated heterocycles. The SMILES string of the molecule is C[C@]12CC[C@H]3c4ccc(OCc5ccccc5)cc4CC[C@H]3[C@H]1CC[C@@H]2O. The fraction of sp³-hybridized carbons (Fsp3) is 0.520. The highest BCUT2D eigenvalue weighted by Gasteiger charge is 2.54. The summed E-state index contributed by atoms with van der Waals surface area (Å²) in [4.78, 5) is 0. The number of aliphatic hydroxyl groups excluding tert-OH is 1. The van der Waals surface area contributed by atoms with E-state index < -0.39 is 0 Å². The van der Waals surface area contributed by atoms with E-state index in [4.69, 9.17) is 4.74 Å². The maximum Gasteiger partial charge on any atom is 0.120 e. The van der Waals surface area contributed by atoms with E-state index >= 15 is 0 Å². The average Bonchev–Trinajstić information content (AvgIpc) is 3.01. The number of aliphatic hydroxyl groups is 1. The Morgan fingerprint density at radius 3 is 2.74 bits per heavy atom. The van der Waals surface area contributed by atoms with Gasteiger partial charge in [0.25, 0.3) is 0 Å². The van der Waals surface area contributed by atoms with Crippen molar-refractivity contribution in [2.45, 2.75) is 64.1 Å². The zero-order chi connectivity index (χ0) is 18.4. The van der Waals surface area contributed by atoms with Gasteiger partial charge in [-0.15, -0.1) is 0 Å². The number of benzene rings is 2. The van der Waals surface area contributed by atoms with Crippen molar-refractivity contribution in [1.29, 1.82) is 0 Å². The molecule has 0 bridgehead atoms. The van der Waals surface area contributed by atoms with Crippen molar-refractivity contribution in [2.75, 3.05) is 0 Å². The lowest BCUT2D eigenvalue weighted by Crippen LogP contribution is -2.43. The molecule has 3 aliphatic rings. The highest BCUT2D eigenvalue weighted by Crippen LogP contribution is 2.60. The van der Waals surface area contributed by atoms with Crippen molar-refractivity contribution < 1.29 is 9.84 Å². The Morgan fingerprint density at radius 2 is 1.89 bits per heavy atom. The van der Waals surface area contributed by atoms with Crippen LogP contribution in [0, 0.1) is 17.3 Å². The van der Waals surface area contributed by atoms with Crippen LogP contribution in [0.1, 0.15) is 61.6 Å². The summed E-state index contributed by atoms with van der Waals surface area (Å²) < 4.78 is 6.06. The summed E-state index contributed by atoms with van der Waals surface area (Å²) >= 11 is 0. The number of aryl methyl sites for hydroxylation is 1. The topological polar surface area (TPSA) is 29.5 Å². The van der Waals surface area contributed by atoms with E-state index in [9.17, 15) is 5.11 Å². The third kappa shape index (κ3) is 2.89. The molecule has 0 spiro atoms.